The number of hydrogen-bond acceptors (Lipinski definition) is 3. The highest BCUT2D eigenvalue weighted by Crippen LogP contribution is 2.18. The number of hydrogen-bond donors (Lipinski definition) is 2. The Morgan fingerprint density at radius 2 is 2.21 bits per heavy atom. The largest absolute Gasteiger partial charge is 0.399 e. The Balaban J connectivity index is 0.00000180. The van der Waals surface area contributed by atoms with E-state index in [0.717, 1.165) is 12.0 Å². The second-order valence-corrected chi connectivity index (χ2v) is 4.54. The number of aryl methyl sites for hydroxylation is 1. The number of likely N-dealkylation sites (tertiary alicyclic amines) is 1. The number of nitrogens with zero attached hydrogens (tertiary/aromatic N) is 1. The molecule has 0 aromatic heterocycles. The Labute approximate surface area is 118 Å². The molecule has 6 heteroatoms. The van der Waals surface area contributed by atoms with Gasteiger partial charge in [-0.1, -0.05) is 6.07 Å². The van der Waals surface area contributed by atoms with Crippen LogP contribution in [0.1, 0.15) is 18.4 Å². The molecule has 19 heavy (non-hydrogen) atoms. The number of rotatable bonds is 3. The molecule has 0 aliphatic carbocycles. The van der Waals surface area contributed by atoms with Gasteiger partial charge in [-0.15, -0.1) is 12.4 Å². The van der Waals surface area contributed by atoms with Crippen LogP contribution in [0.4, 0.5) is 11.4 Å². The summed E-state index contributed by atoms with van der Waals surface area (Å²) in [6, 6.07) is 5.36. The number of carbonyl (C=O) groups is 2. The summed E-state index contributed by atoms with van der Waals surface area (Å²) in [4.78, 5) is 24.8. The summed E-state index contributed by atoms with van der Waals surface area (Å²) < 4.78 is 0. The van der Waals surface area contributed by atoms with E-state index in [0.29, 0.717) is 24.3 Å². The second kappa shape index (κ2) is 6.43. The van der Waals surface area contributed by atoms with Crippen molar-refractivity contribution >= 4 is 35.6 Å². The number of amides is 2. The molecule has 0 saturated carbocycles. The van der Waals surface area contributed by atoms with Crippen molar-refractivity contribution in [3.63, 3.8) is 0 Å². The molecule has 1 aliphatic rings. The van der Waals surface area contributed by atoms with E-state index in [1.807, 2.05) is 13.0 Å². The van der Waals surface area contributed by atoms with Gasteiger partial charge in [0.05, 0.1) is 6.54 Å². The van der Waals surface area contributed by atoms with Gasteiger partial charge in [0.2, 0.25) is 11.8 Å². The van der Waals surface area contributed by atoms with E-state index in [4.69, 9.17) is 5.73 Å². The van der Waals surface area contributed by atoms with Crippen molar-refractivity contribution in [3.8, 4) is 0 Å². The molecule has 0 unspecified atom stereocenters. The van der Waals surface area contributed by atoms with Crippen molar-refractivity contribution in [2.75, 3.05) is 24.1 Å². The van der Waals surface area contributed by atoms with Crippen LogP contribution in [0.2, 0.25) is 0 Å². The molecule has 1 fully saturated rings. The molecule has 1 aromatic rings. The second-order valence-electron chi connectivity index (χ2n) is 4.54. The maximum absolute atomic E-state index is 11.8. The van der Waals surface area contributed by atoms with Crippen molar-refractivity contribution in [2.24, 2.45) is 0 Å². The van der Waals surface area contributed by atoms with E-state index in [9.17, 15) is 9.59 Å². The van der Waals surface area contributed by atoms with Gasteiger partial charge in [-0.05, 0) is 31.0 Å². The predicted octanol–water partition coefficient (Wildman–Crippen LogP) is 1.56. The predicted molar refractivity (Wildman–Crippen MR) is 77.3 cm³/mol. The van der Waals surface area contributed by atoms with Gasteiger partial charge in [0.15, 0.2) is 0 Å². The third-order valence-electron chi connectivity index (χ3n) is 3.04. The summed E-state index contributed by atoms with van der Waals surface area (Å²) in [7, 11) is 0. The quantitative estimate of drug-likeness (QED) is 0.827. The maximum atomic E-state index is 11.8. The monoisotopic (exact) mass is 283 g/mol. The first-order chi connectivity index (χ1) is 8.56. The standard InChI is InChI=1S/C13H17N3O2.ClH/c1-9-4-5-10(14)7-11(9)15-12(17)8-16-6-2-3-13(16)18;/h4-5,7H,2-3,6,8,14H2,1H3,(H,15,17);1H. The summed E-state index contributed by atoms with van der Waals surface area (Å²) in [5.41, 5.74) is 7.93. The minimum Gasteiger partial charge on any atom is -0.399 e. The van der Waals surface area contributed by atoms with Crippen molar-refractivity contribution in [1.29, 1.82) is 0 Å². The fourth-order valence-corrected chi connectivity index (χ4v) is 2.01. The SMILES string of the molecule is Cc1ccc(N)cc1NC(=O)CN1CCCC1=O.Cl. The molecule has 104 valence electrons. The van der Waals surface area contributed by atoms with Crippen molar-refractivity contribution < 1.29 is 9.59 Å². The molecule has 3 N–H and O–H groups in total. The van der Waals surface area contributed by atoms with Gasteiger partial charge in [-0.2, -0.15) is 0 Å². The summed E-state index contributed by atoms with van der Waals surface area (Å²) >= 11 is 0. The van der Waals surface area contributed by atoms with Crippen LogP contribution in [-0.4, -0.2) is 29.8 Å². The number of nitrogen functional groups attached to an aromatic ring is 1. The van der Waals surface area contributed by atoms with Gasteiger partial charge in [0.1, 0.15) is 0 Å². The molecule has 1 aliphatic heterocycles. The minimum absolute atomic E-state index is 0. The lowest BCUT2D eigenvalue weighted by Gasteiger charge is -2.16. The van der Waals surface area contributed by atoms with E-state index in [-0.39, 0.29) is 30.8 Å². The molecule has 0 atom stereocenters. The highest BCUT2D eigenvalue weighted by atomic mass is 35.5. The summed E-state index contributed by atoms with van der Waals surface area (Å²) in [5.74, 6) is -0.131. The van der Waals surface area contributed by atoms with E-state index in [1.165, 1.54) is 0 Å². The molecule has 2 amide bonds. The van der Waals surface area contributed by atoms with Crippen LogP contribution in [0.25, 0.3) is 0 Å². The summed E-state index contributed by atoms with van der Waals surface area (Å²) in [6.45, 7) is 2.69. The molecule has 1 aromatic carbocycles. The first-order valence-corrected chi connectivity index (χ1v) is 6.00. The third kappa shape index (κ3) is 3.86. The Morgan fingerprint density at radius 1 is 1.47 bits per heavy atom. The van der Waals surface area contributed by atoms with Crippen LogP contribution in [0.3, 0.4) is 0 Å². The first kappa shape index (κ1) is 15.3. The number of nitrogens with two attached hydrogens (primary N) is 1. The average molecular weight is 284 g/mol. The van der Waals surface area contributed by atoms with Crippen LogP contribution >= 0.6 is 12.4 Å². The zero-order valence-electron chi connectivity index (χ0n) is 10.8. The Kier molecular flexibility index (Phi) is 5.18. The topological polar surface area (TPSA) is 75.4 Å². The van der Waals surface area contributed by atoms with Crippen molar-refractivity contribution in [2.45, 2.75) is 19.8 Å². The summed E-state index contributed by atoms with van der Waals surface area (Å²) in [6.07, 6.45) is 1.38. The molecule has 0 bridgehead atoms. The molecular formula is C13H18ClN3O2. The highest BCUT2D eigenvalue weighted by Gasteiger charge is 2.22. The number of anilines is 2. The number of halogens is 1. The first-order valence-electron chi connectivity index (χ1n) is 6.00. The van der Waals surface area contributed by atoms with Gasteiger partial charge in [0.25, 0.3) is 0 Å². The lowest BCUT2D eigenvalue weighted by molar-refractivity contribution is -0.131. The molecule has 0 spiro atoms. The van der Waals surface area contributed by atoms with Gasteiger partial charge in [-0.25, -0.2) is 0 Å². The van der Waals surface area contributed by atoms with Crippen LogP contribution in [-0.2, 0) is 9.59 Å². The normalized spacial score (nSPS) is 14.2. The summed E-state index contributed by atoms with van der Waals surface area (Å²) in [5, 5.41) is 2.79. The van der Waals surface area contributed by atoms with E-state index in [1.54, 1.807) is 17.0 Å². The van der Waals surface area contributed by atoms with Crippen LogP contribution < -0.4 is 11.1 Å². The molecule has 1 saturated heterocycles. The molecule has 5 nitrogen and oxygen atoms in total. The number of nitrogens with one attached hydrogen (secondary N) is 1. The van der Waals surface area contributed by atoms with Crippen molar-refractivity contribution in [1.82, 2.24) is 4.90 Å². The Bertz CT molecular complexity index is 491. The maximum Gasteiger partial charge on any atom is 0.244 e. The molecule has 0 radical (unpaired) electrons. The van der Waals surface area contributed by atoms with Crippen molar-refractivity contribution in [3.05, 3.63) is 23.8 Å². The molecule has 1 heterocycles. The average Bonchev–Trinajstić information content (AvgIpc) is 2.70. The van der Waals surface area contributed by atoms with Crippen LogP contribution in [0.5, 0.6) is 0 Å². The van der Waals surface area contributed by atoms with Crippen LogP contribution in [0.15, 0.2) is 18.2 Å². The number of carbonyl (C=O) groups excluding carboxylic acids is 2. The van der Waals surface area contributed by atoms with E-state index >= 15 is 0 Å². The molecule has 2 rings (SSSR count). The van der Waals surface area contributed by atoms with Gasteiger partial charge >= 0.3 is 0 Å². The fraction of sp³-hybridized carbons (Fsp3) is 0.385. The zero-order valence-corrected chi connectivity index (χ0v) is 11.6. The Hall–Kier alpha value is -1.75. The smallest absolute Gasteiger partial charge is 0.244 e. The third-order valence-corrected chi connectivity index (χ3v) is 3.04. The molecular weight excluding hydrogens is 266 g/mol. The van der Waals surface area contributed by atoms with Gasteiger partial charge < -0.3 is 16.0 Å². The fourth-order valence-electron chi connectivity index (χ4n) is 2.01. The lowest BCUT2D eigenvalue weighted by Crippen LogP contribution is -2.34. The van der Waals surface area contributed by atoms with E-state index < -0.39 is 0 Å². The number of benzene rings is 1. The van der Waals surface area contributed by atoms with Gasteiger partial charge in [0, 0.05) is 24.3 Å². The van der Waals surface area contributed by atoms with E-state index in [2.05, 4.69) is 5.32 Å². The lowest BCUT2D eigenvalue weighted by atomic mass is 10.2. The van der Waals surface area contributed by atoms with Gasteiger partial charge in [-0.3, -0.25) is 9.59 Å². The minimum atomic E-state index is -0.182. The Morgan fingerprint density at radius 3 is 2.84 bits per heavy atom. The highest BCUT2D eigenvalue weighted by molar-refractivity contribution is 5.95. The van der Waals surface area contributed by atoms with Crippen LogP contribution in [0, 0.1) is 6.92 Å². The zero-order chi connectivity index (χ0) is 13.1.